The molecule has 0 spiro atoms. The van der Waals surface area contributed by atoms with Crippen LogP contribution >= 0.6 is 0 Å². The van der Waals surface area contributed by atoms with Gasteiger partial charge in [-0.2, -0.15) is 0 Å². The number of ether oxygens (including phenoxy) is 2. The van der Waals surface area contributed by atoms with Crippen molar-refractivity contribution >= 4 is 0 Å². The van der Waals surface area contributed by atoms with Gasteiger partial charge in [0.1, 0.15) is 0 Å². The molecule has 0 bridgehead atoms. The maximum atomic E-state index is 5.57. The lowest BCUT2D eigenvalue weighted by atomic mass is 10.1. The van der Waals surface area contributed by atoms with Gasteiger partial charge in [-0.15, -0.1) is 0 Å². The molecule has 1 unspecified atom stereocenters. The summed E-state index contributed by atoms with van der Waals surface area (Å²) < 4.78 is 10.7. The molecule has 0 aromatic heterocycles. The SMILES string of the molecule is CCNC(CCOCCC(C)C)COC. The van der Waals surface area contributed by atoms with Gasteiger partial charge in [-0.25, -0.2) is 0 Å². The second-order valence-electron chi connectivity index (χ2n) is 4.29. The zero-order valence-corrected chi connectivity index (χ0v) is 10.7. The molecule has 0 heterocycles. The molecule has 92 valence electrons. The number of likely N-dealkylation sites (N-methyl/N-ethyl adjacent to an activating group) is 1. The average Bonchev–Trinajstić information content (AvgIpc) is 2.17. The van der Waals surface area contributed by atoms with Gasteiger partial charge in [0, 0.05) is 26.4 Å². The number of hydrogen-bond donors (Lipinski definition) is 1. The van der Waals surface area contributed by atoms with Crippen LogP contribution in [0.3, 0.4) is 0 Å². The van der Waals surface area contributed by atoms with E-state index in [-0.39, 0.29) is 0 Å². The molecule has 0 rings (SSSR count). The molecule has 1 atom stereocenters. The van der Waals surface area contributed by atoms with Crippen molar-refractivity contribution < 1.29 is 9.47 Å². The highest BCUT2D eigenvalue weighted by molar-refractivity contribution is 4.64. The van der Waals surface area contributed by atoms with Crippen molar-refractivity contribution in [1.29, 1.82) is 0 Å². The van der Waals surface area contributed by atoms with E-state index in [9.17, 15) is 0 Å². The van der Waals surface area contributed by atoms with E-state index >= 15 is 0 Å². The second-order valence-corrected chi connectivity index (χ2v) is 4.29. The van der Waals surface area contributed by atoms with Gasteiger partial charge >= 0.3 is 0 Å². The molecule has 15 heavy (non-hydrogen) atoms. The van der Waals surface area contributed by atoms with Gasteiger partial charge in [-0.3, -0.25) is 0 Å². The summed E-state index contributed by atoms with van der Waals surface area (Å²) in [5.41, 5.74) is 0. The van der Waals surface area contributed by atoms with E-state index in [0.717, 1.165) is 45.1 Å². The lowest BCUT2D eigenvalue weighted by Gasteiger charge is -2.16. The Kier molecular flexibility index (Phi) is 10.3. The van der Waals surface area contributed by atoms with Crippen molar-refractivity contribution in [2.75, 3.05) is 33.5 Å². The fraction of sp³-hybridized carbons (Fsp3) is 1.00. The topological polar surface area (TPSA) is 30.5 Å². The van der Waals surface area contributed by atoms with Crippen LogP contribution in [0.2, 0.25) is 0 Å². The summed E-state index contributed by atoms with van der Waals surface area (Å²) in [5.74, 6) is 0.730. The van der Waals surface area contributed by atoms with Crippen LogP contribution in [0, 0.1) is 5.92 Å². The van der Waals surface area contributed by atoms with Gasteiger partial charge in [0.25, 0.3) is 0 Å². The smallest absolute Gasteiger partial charge is 0.0616 e. The molecule has 0 aliphatic heterocycles. The van der Waals surface area contributed by atoms with Gasteiger partial charge in [0.15, 0.2) is 0 Å². The molecule has 0 saturated carbocycles. The summed E-state index contributed by atoms with van der Waals surface area (Å²) in [6, 6.07) is 0.430. The van der Waals surface area contributed by atoms with Gasteiger partial charge in [0.05, 0.1) is 6.61 Å². The predicted octanol–water partition coefficient (Wildman–Crippen LogP) is 2.06. The van der Waals surface area contributed by atoms with Gasteiger partial charge in [0.2, 0.25) is 0 Å². The molecular weight excluding hydrogens is 190 g/mol. The van der Waals surface area contributed by atoms with Crippen LogP contribution in [0.5, 0.6) is 0 Å². The van der Waals surface area contributed by atoms with Crippen LogP contribution in [0.25, 0.3) is 0 Å². The van der Waals surface area contributed by atoms with E-state index in [1.165, 1.54) is 0 Å². The third-order valence-corrected chi connectivity index (χ3v) is 2.31. The fourth-order valence-corrected chi connectivity index (χ4v) is 1.38. The van der Waals surface area contributed by atoms with E-state index in [0.29, 0.717) is 6.04 Å². The summed E-state index contributed by atoms with van der Waals surface area (Å²) in [7, 11) is 1.74. The number of rotatable bonds is 10. The Morgan fingerprint density at radius 1 is 1.13 bits per heavy atom. The zero-order chi connectivity index (χ0) is 11.5. The van der Waals surface area contributed by atoms with Gasteiger partial charge in [-0.1, -0.05) is 20.8 Å². The third-order valence-electron chi connectivity index (χ3n) is 2.31. The third kappa shape index (κ3) is 10.2. The summed E-state index contributed by atoms with van der Waals surface area (Å²) in [6.07, 6.45) is 2.18. The fourth-order valence-electron chi connectivity index (χ4n) is 1.38. The maximum Gasteiger partial charge on any atom is 0.0616 e. The van der Waals surface area contributed by atoms with Crippen LogP contribution in [-0.4, -0.2) is 39.5 Å². The normalized spacial score (nSPS) is 13.4. The van der Waals surface area contributed by atoms with Gasteiger partial charge < -0.3 is 14.8 Å². The summed E-state index contributed by atoms with van der Waals surface area (Å²) in [5, 5.41) is 3.38. The Hall–Kier alpha value is -0.120. The summed E-state index contributed by atoms with van der Waals surface area (Å²) in [4.78, 5) is 0. The molecule has 0 radical (unpaired) electrons. The van der Waals surface area contributed by atoms with Crippen LogP contribution in [0.1, 0.15) is 33.6 Å². The molecule has 0 saturated heterocycles. The molecule has 0 aliphatic carbocycles. The molecular formula is C12H27NO2. The quantitative estimate of drug-likeness (QED) is 0.568. The Morgan fingerprint density at radius 2 is 1.80 bits per heavy atom. The molecule has 0 aliphatic rings. The van der Waals surface area contributed by atoms with Crippen LogP contribution in [-0.2, 0) is 9.47 Å². The lowest BCUT2D eigenvalue weighted by Crippen LogP contribution is -2.34. The first-order chi connectivity index (χ1) is 7.20. The van der Waals surface area contributed by atoms with Crippen LogP contribution in [0.15, 0.2) is 0 Å². The zero-order valence-electron chi connectivity index (χ0n) is 10.7. The van der Waals surface area contributed by atoms with E-state index in [1.54, 1.807) is 7.11 Å². The number of hydrogen-bond acceptors (Lipinski definition) is 3. The minimum Gasteiger partial charge on any atom is -0.383 e. The van der Waals surface area contributed by atoms with E-state index < -0.39 is 0 Å². The second kappa shape index (κ2) is 10.4. The average molecular weight is 217 g/mol. The van der Waals surface area contributed by atoms with Crippen molar-refractivity contribution in [3.63, 3.8) is 0 Å². The molecule has 3 heteroatoms. The van der Waals surface area contributed by atoms with Crippen LogP contribution < -0.4 is 5.32 Å². The number of methoxy groups -OCH3 is 1. The van der Waals surface area contributed by atoms with Crippen molar-refractivity contribution in [1.82, 2.24) is 5.32 Å². The maximum absolute atomic E-state index is 5.57. The largest absolute Gasteiger partial charge is 0.383 e. The molecule has 0 amide bonds. The highest BCUT2D eigenvalue weighted by atomic mass is 16.5. The first-order valence-corrected chi connectivity index (χ1v) is 6.00. The highest BCUT2D eigenvalue weighted by Gasteiger charge is 2.05. The monoisotopic (exact) mass is 217 g/mol. The predicted molar refractivity (Wildman–Crippen MR) is 64.2 cm³/mol. The van der Waals surface area contributed by atoms with E-state index in [2.05, 4.69) is 26.1 Å². The summed E-state index contributed by atoms with van der Waals surface area (Å²) >= 11 is 0. The molecule has 0 fully saturated rings. The molecule has 0 aromatic carbocycles. The van der Waals surface area contributed by atoms with E-state index in [1.807, 2.05) is 0 Å². The Morgan fingerprint density at radius 3 is 2.33 bits per heavy atom. The van der Waals surface area contributed by atoms with Crippen molar-refractivity contribution in [3.8, 4) is 0 Å². The van der Waals surface area contributed by atoms with Crippen molar-refractivity contribution in [2.45, 2.75) is 39.7 Å². The Balaban J connectivity index is 3.36. The minimum absolute atomic E-state index is 0.430. The molecule has 0 aromatic rings. The van der Waals surface area contributed by atoms with Crippen molar-refractivity contribution in [2.24, 2.45) is 5.92 Å². The Bertz CT molecular complexity index is 123. The molecule has 3 nitrogen and oxygen atoms in total. The number of nitrogens with one attached hydrogen (secondary N) is 1. The highest BCUT2D eigenvalue weighted by Crippen LogP contribution is 2.00. The lowest BCUT2D eigenvalue weighted by molar-refractivity contribution is 0.0971. The minimum atomic E-state index is 0.430. The molecule has 1 N–H and O–H groups in total. The first kappa shape index (κ1) is 14.9. The standard InChI is InChI=1S/C12H27NO2/c1-5-13-12(10-14-4)7-9-15-8-6-11(2)3/h11-13H,5-10H2,1-4H3. The van der Waals surface area contributed by atoms with E-state index in [4.69, 9.17) is 9.47 Å². The van der Waals surface area contributed by atoms with Crippen molar-refractivity contribution in [3.05, 3.63) is 0 Å². The van der Waals surface area contributed by atoms with Gasteiger partial charge in [-0.05, 0) is 25.3 Å². The summed E-state index contributed by atoms with van der Waals surface area (Å²) in [6.45, 7) is 10.0. The first-order valence-electron chi connectivity index (χ1n) is 6.00. The Labute approximate surface area is 94.5 Å². The van der Waals surface area contributed by atoms with Crippen LogP contribution in [0.4, 0.5) is 0 Å².